The maximum absolute atomic E-state index is 12.8. The number of benzene rings is 1. The minimum atomic E-state index is -2.39. The van der Waals surface area contributed by atoms with Crippen molar-refractivity contribution in [3.63, 3.8) is 0 Å². The Hall–Kier alpha value is -0.670. The second-order valence-corrected chi connectivity index (χ2v) is 4.73. The van der Waals surface area contributed by atoms with Crippen molar-refractivity contribution >= 4 is 11.6 Å². The van der Waals surface area contributed by atoms with E-state index in [9.17, 15) is 8.78 Å². The van der Waals surface area contributed by atoms with Crippen LogP contribution < -0.4 is 5.73 Å². The number of rotatable bonds is 5. The quantitative estimate of drug-likeness (QED) is 0.847. The lowest BCUT2D eigenvalue weighted by atomic mass is 9.84. The molecule has 90 valence electrons. The summed E-state index contributed by atoms with van der Waals surface area (Å²) in [5.74, 6) is 0. The standard InChI is InChI=1S/C12H16ClF2N/c1-12(8-16,11(14)15)6-5-9-3-2-4-10(13)7-9/h2-4,7,11H,5-6,8,16H2,1H3. The predicted octanol–water partition coefficient (Wildman–Crippen LogP) is 3.50. The van der Waals surface area contributed by atoms with Gasteiger partial charge in [0.15, 0.2) is 0 Å². The van der Waals surface area contributed by atoms with Crippen molar-refractivity contribution in [2.24, 2.45) is 11.1 Å². The molecule has 2 N–H and O–H groups in total. The lowest BCUT2D eigenvalue weighted by Gasteiger charge is -2.26. The minimum Gasteiger partial charge on any atom is -0.330 e. The minimum absolute atomic E-state index is 0.00870. The maximum Gasteiger partial charge on any atom is 0.245 e. The van der Waals surface area contributed by atoms with E-state index in [1.165, 1.54) is 6.92 Å². The Morgan fingerprint density at radius 2 is 2.12 bits per heavy atom. The van der Waals surface area contributed by atoms with Crippen LogP contribution >= 0.6 is 11.6 Å². The van der Waals surface area contributed by atoms with Gasteiger partial charge in [0.1, 0.15) is 0 Å². The highest BCUT2D eigenvalue weighted by Gasteiger charge is 2.32. The van der Waals surface area contributed by atoms with Gasteiger partial charge in [-0.05, 0) is 30.5 Å². The molecule has 0 aliphatic heterocycles. The van der Waals surface area contributed by atoms with E-state index in [4.69, 9.17) is 17.3 Å². The molecule has 4 heteroatoms. The molecule has 1 aromatic carbocycles. The van der Waals surface area contributed by atoms with E-state index in [1.54, 1.807) is 12.1 Å². The van der Waals surface area contributed by atoms with Gasteiger partial charge in [0.2, 0.25) is 6.43 Å². The number of alkyl halides is 2. The first-order valence-electron chi connectivity index (χ1n) is 5.20. The molecule has 0 aromatic heterocycles. The predicted molar refractivity (Wildman–Crippen MR) is 62.9 cm³/mol. The third-order valence-electron chi connectivity index (χ3n) is 2.87. The molecule has 0 aliphatic rings. The van der Waals surface area contributed by atoms with Crippen molar-refractivity contribution in [2.75, 3.05) is 6.54 Å². The molecule has 0 aliphatic carbocycles. The third kappa shape index (κ3) is 3.42. The van der Waals surface area contributed by atoms with E-state index < -0.39 is 11.8 Å². The van der Waals surface area contributed by atoms with Crippen molar-refractivity contribution in [1.82, 2.24) is 0 Å². The van der Waals surface area contributed by atoms with Crippen LogP contribution in [0.2, 0.25) is 5.02 Å². The molecule has 0 saturated heterocycles. The molecule has 0 heterocycles. The topological polar surface area (TPSA) is 26.0 Å². The molecular weight excluding hydrogens is 232 g/mol. The van der Waals surface area contributed by atoms with Crippen LogP contribution in [0.4, 0.5) is 8.78 Å². The number of hydrogen-bond donors (Lipinski definition) is 1. The maximum atomic E-state index is 12.8. The van der Waals surface area contributed by atoms with Crippen LogP contribution in [0.1, 0.15) is 18.9 Å². The van der Waals surface area contributed by atoms with Crippen LogP contribution in [-0.2, 0) is 6.42 Å². The van der Waals surface area contributed by atoms with Gasteiger partial charge in [-0.15, -0.1) is 0 Å². The molecule has 0 saturated carbocycles. The Morgan fingerprint density at radius 3 is 2.62 bits per heavy atom. The number of hydrogen-bond acceptors (Lipinski definition) is 1. The Balaban J connectivity index is 2.63. The Kier molecular flexibility index (Phi) is 4.69. The van der Waals surface area contributed by atoms with Gasteiger partial charge in [-0.2, -0.15) is 0 Å². The summed E-state index contributed by atoms with van der Waals surface area (Å²) in [4.78, 5) is 0. The molecule has 16 heavy (non-hydrogen) atoms. The molecule has 0 amide bonds. The summed E-state index contributed by atoms with van der Waals surface area (Å²) < 4.78 is 25.5. The molecule has 0 spiro atoms. The van der Waals surface area contributed by atoms with Crippen LogP contribution in [0.3, 0.4) is 0 Å². The van der Waals surface area contributed by atoms with Crippen molar-refractivity contribution in [2.45, 2.75) is 26.2 Å². The summed E-state index contributed by atoms with van der Waals surface area (Å²) in [5, 5.41) is 0.629. The van der Waals surface area contributed by atoms with Crippen molar-refractivity contribution in [1.29, 1.82) is 0 Å². The molecule has 1 aromatic rings. The molecular formula is C12H16ClF2N. The van der Waals surface area contributed by atoms with E-state index in [0.29, 0.717) is 17.9 Å². The van der Waals surface area contributed by atoms with E-state index in [-0.39, 0.29) is 6.54 Å². The first-order chi connectivity index (χ1) is 7.48. The molecule has 1 atom stereocenters. The second-order valence-electron chi connectivity index (χ2n) is 4.29. The van der Waals surface area contributed by atoms with Crippen molar-refractivity contribution in [3.05, 3.63) is 34.9 Å². The molecule has 1 rings (SSSR count). The summed E-state index contributed by atoms with van der Waals surface area (Å²) in [7, 11) is 0. The van der Waals surface area contributed by atoms with Crippen LogP contribution in [0.5, 0.6) is 0 Å². The molecule has 0 fully saturated rings. The summed E-state index contributed by atoms with van der Waals surface area (Å²) in [6.07, 6.45) is -1.46. The van der Waals surface area contributed by atoms with E-state index in [1.807, 2.05) is 12.1 Å². The summed E-state index contributed by atoms with van der Waals surface area (Å²) in [6, 6.07) is 7.26. The zero-order valence-corrected chi connectivity index (χ0v) is 9.98. The van der Waals surface area contributed by atoms with Crippen LogP contribution in [0.25, 0.3) is 0 Å². The second kappa shape index (κ2) is 5.60. The van der Waals surface area contributed by atoms with Crippen molar-refractivity contribution in [3.8, 4) is 0 Å². The highest BCUT2D eigenvalue weighted by Crippen LogP contribution is 2.30. The van der Waals surface area contributed by atoms with Crippen molar-refractivity contribution < 1.29 is 8.78 Å². The summed E-state index contributed by atoms with van der Waals surface area (Å²) >= 11 is 5.82. The number of aryl methyl sites for hydroxylation is 1. The summed E-state index contributed by atoms with van der Waals surface area (Å²) in [6.45, 7) is 1.51. The third-order valence-corrected chi connectivity index (χ3v) is 3.10. The highest BCUT2D eigenvalue weighted by atomic mass is 35.5. The lowest BCUT2D eigenvalue weighted by molar-refractivity contribution is 0.00755. The van der Waals surface area contributed by atoms with Crippen LogP contribution in [0, 0.1) is 5.41 Å². The van der Waals surface area contributed by atoms with Gasteiger partial charge in [-0.25, -0.2) is 8.78 Å². The monoisotopic (exact) mass is 247 g/mol. The Bertz CT molecular complexity index is 344. The zero-order valence-electron chi connectivity index (χ0n) is 9.22. The molecule has 0 radical (unpaired) electrons. The van der Waals surface area contributed by atoms with Gasteiger partial charge in [0.05, 0.1) is 0 Å². The van der Waals surface area contributed by atoms with Gasteiger partial charge >= 0.3 is 0 Å². The smallest absolute Gasteiger partial charge is 0.245 e. The van der Waals surface area contributed by atoms with Gasteiger partial charge in [0, 0.05) is 17.0 Å². The van der Waals surface area contributed by atoms with Gasteiger partial charge in [-0.3, -0.25) is 0 Å². The summed E-state index contributed by atoms with van der Waals surface area (Å²) in [5.41, 5.74) is 5.25. The van der Waals surface area contributed by atoms with E-state index in [2.05, 4.69) is 0 Å². The van der Waals surface area contributed by atoms with E-state index >= 15 is 0 Å². The molecule has 0 bridgehead atoms. The fraction of sp³-hybridized carbons (Fsp3) is 0.500. The zero-order chi connectivity index (χ0) is 12.2. The van der Waals surface area contributed by atoms with Crippen LogP contribution in [-0.4, -0.2) is 13.0 Å². The molecule has 1 unspecified atom stereocenters. The SMILES string of the molecule is CC(CN)(CCc1cccc(Cl)c1)C(F)F. The number of nitrogens with two attached hydrogens (primary N) is 1. The first kappa shape index (κ1) is 13.4. The number of halogens is 3. The fourth-order valence-electron chi connectivity index (χ4n) is 1.42. The van der Waals surface area contributed by atoms with Gasteiger partial charge in [0.25, 0.3) is 0 Å². The average Bonchev–Trinajstić information content (AvgIpc) is 2.26. The Labute approximate surface area is 99.6 Å². The largest absolute Gasteiger partial charge is 0.330 e. The molecule has 1 nitrogen and oxygen atoms in total. The van der Waals surface area contributed by atoms with Gasteiger partial charge in [-0.1, -0.05) is 30.7 Å². The Morgan fingerprint density at radius 1 is 1.44 bits per heavy atom. The van der Waals surface area contributed by atoms with Crippen LogP contribution in [0.15, 0.2) is 24.3 Å². The van der Waals surface area contributed by atoms with E-state index in [0.717, 1.165) is 5.56 Å². The van der Waals surface area contributed by atoms with Gasteiger partial charge < -0.3 is 5.73 Å². The lowest BCUT2D eigenvalue weighted by Crippen LogP contribution is -2.35. The first-order valence-corrected chi connectivity index (χ1v) is 5.58. The highest BCUT2D eigenvalue weighted by molar-refractivity contribution is 6.30. The normalized spacial score (nSPS) is 15.1. The fourth-order valence-corrected chi connectivity index (χ4v) is 1.64. The average molecular weight is 248 g/mol.